The first-order valence-corrected chi connectivity index (χ1v) is 20.3. The highest BCUT2D eigenvalue weighted by atomic mass is 16.3. The SMILES string of the molecule is CC(C)(C)c1cc(-c2cc(C(C)(C)C)cc(-c3cc(C(C)(C)C)cc(C#N)c3O)n2)cc(-c2nc3ccccc3n2-c2ccc(C(C)(C)C)cc2-c2ccccc2)c1. The number of fused-ring (bicyclic) bond motifs is 1. The maximum absolute atomic E-state index is 11.5. The van der Waals surface area contributed by atoms with Crippen LogP contribution in [0.15, 0.2) is 115 Å². The quantitative estimate of drug-likeness (QED) is 0.189. The number of phenols is 1. The molecule has 0 amide bonds. The van der Waals surface area contributed by atoms with Gasteiger partial charge in [0, 0.05) is 22.3 Å². The lowest BCUT2D eigenvalue weighted by Gasteiger charge is -2.25. The topological polar surface area (TPSA) is 74.7 Å². The van der Waals surface area contributed by atoms with Crippen molar-refractivity contribution in [1.29, 1.82) is 5.26 Å². The molecule has 2 heterocycles. The van der Waals surface area contributed by atoms with Crippen LogP contribution in [0, 0.1) is 11.3 Å². The van der Waals surface area contributed by atoms with Gasteiger partial charge in [0.05, 0.1) is 33.7 Å². The zero-order chi connectivity index (χ0) is 41.9. The van der Waals surface area contributed by atoms with Crippen molar-refractivity contribution in [3.63, 3.8) is 0 Å². The molecular weight excluding hydrogens is 709 g/mol. The molecule has 0 aliphatic carbocycles. The number of benzene rings is 5. The number of hydrogen-bond acceptors (Lipinski definition) is 4. The lowest BCUT2D eigenvalue weighted by molar-refractivity contribution is 0.474. The molecule has 0 spiro atoms. The number of pyridine rings is 1. The van der Waals surface area contributed by atoms with Crippen LogP contribution in [0.2, 0.25) is 0 Å². The summed E-state index contributed by atoms with van der Waals surface area (Å²) >= 11 is 0. The molecule has 0 aliphatic rings. The molecule has 0 atom stereocenters. The fourth-order valence-electron chi connectivity index (χ4n) is 7.44. The van der Waals surface area contributed by atoms with Gasteiger partial charge >= 0.3 is 0 Å². The second kappa shape index (κ2) is 14.4. The maximum Gasteiger partial charge on any atom is 0.145 e. The number of nitriles is 1. The van der Waals surface area contributed by atoms with Gasteiger partial charge in [0.15, 0.2) is 0 Å². The summed E-state index contributed by atoms with van der Waals surface area (Å²) in [6.45, 7) is 26.4. The lowest BCUT2D eigenvalue weighted by atomic mass is 9.82. The molecule has 1 N–H and O–H groups in total. The summed E-state index contributed by atoms with van der Waals surface area (Å²) in [6, 6.07) is 42.8. The van der Waals surface area contributed by atoms with Crippen molar-refractivity contribution in [2.75, 3.05) is 0 Å². The Kier molecular flexibility index (Phi) is 10.0. The van der Waals surface area contributed by atoms with Crippen LogP contribution >= 0.6 is 0 Å². The molecule has 0 unspecified atom stereocenters. The zero-order valence-corrected chi connectivity index (χ0v) is 36.2. The highest BCUT2D eigenvalue weighted by Crippen LogP contribution is 2.42. The van der Waals surface area contributed by atoms with Crippen LogP contribution in [0.3, 0.4) is 0 Å². The monoisotopic (exact) mass is 764 g/mol. The van der Waals surface area contributed by atoms with Gasteiger partial charge < -0.3 is 5.11 Å². The molecule has 0 saturated heterocycles. The number of para-hydroxylation sites is 2. The fraction of sp³-hybridized carbons (Fsp3) is 0.302. The van der Waals surface area contributed by atoms with E-state index in [-0.39, 0.29) is 33.0 Å². The van der Waals surface area contributed by atoms with E-state index in [0.717, 1.165) is 67.2 Å². The number of hydrogen-bond donors (Lipinski definition) is 1. The third kappa shape index (κ3) is 7.81. The summed E-state index contributed by atoms with van der Waals surface area (Å²) < 4.78 is 2.32. The third-order valence-corrected chi connectivity index (χ3v) is 11.2. The number of aromatic nitrogens is 3. The number of rotatable bonds is 5. The van der Waals surface area contributed by atoms with Crippen LogP contribution in [-0.4, -0.2) is 19.6 Å². The van der Waals surface area contributed by atoms with Crippen LogP contribution in [0.25, 0.3) is 61.8 Å². The average Bonchev–Trinajstić information content (AvgIpc) is 3.56. The minimum atomic E-state index is -0.243. The highest BCUT2D eigenvalue weighted by Gasteiger charge is 2.26. The smallest absolute Gasteiger partial charge is 0.145 e. The van der Waals surface area contributed by atoms with E-state index in [1.54, 1.807) is 6.07 Å². The number of nitrogens with zero attached hydrogens (tertiary/aromatic N) is 4. The summed E-state index contributed by atoms with van der Waals surface area (Å²) in [5.41, 5.74) is 13.2. The summed E-state index contributed by atoms with van der Waals surface area (Å²) in [6.07, 6.45) is 0. The molecule has 58 heavy (non-hydrogen) atoms. The number of aromatic hydroxyl groups is 1. The van der Waals surface area contributed by atoms with Crippen molar-refractivity contribution >= 4 is 11.0 Å². The fourth-order valence-corrected chi connectivity index (χ4v) is 7.44. The molecule has 2 aromatic heterocycles. The number of phenolic OH excluding ortho intramolecular Hbond substituents is 1. The van der Waals surface area contributed by atoms with Gasteiger partial charge in [-0.15, -0.1) is 0 Å². The highest BCUT2D eigenvalue weighted by molar-refractivity contribution is 5.88. The van der Waals surface area contributed by atoms with Gasteiger partial charge in [-0.3, -0.25) is 4.57 Å². The summed E-state index contributed by atoms with van der Waals surface area (Å²) in [7, 11) is 0. The Morgan fingerprint density at radius 1 is 0.500 bits per heavy atom. The molecule has 0 fully saturated rings. The Bertz CT molecular complexity index is 2720. The minimum Gasteiger partial charge on any atom is -0.506 e. The van der Waals surface area contributed by atoms with Gasteiger partial charge in [-0.1, -0.05) is 132 Å². The molecule has 5 aromatic carbocycles. The molecule has 294 valence electrons. The van der Waals surface area contributed by atoms with E-state index in [4.69, 9.17) is 9.97 Å². The van der Waals surface area contributed by atoms with Gasteiger partial charge in [0.25, 0.3) is 0 Å². The van der Waals surface area contributed by atoms with Crippen LogP contribution in [0.5, 0.6) is 5.75 Å². The first-order valence-electron chi connectivity index (χ1n) is 20.3. The van der Waals surface area contributed by atoms with E-state index in [9.17, 15) is 10.4 Å². The van der Waals surface area contributed by atoms with Crippen molar-refractivity contribution in [1.82, 2.24) is 14.5 Å². The van der Waals surface area contributed by atoms with Gasteiger partial charge in [-0.05, 0) is 116 Å². The molecule has 0 bridgehead atoms. The molecule has 5 heteroatoms. The third-order valence-electron chi connectivity index (χ3n) is 11.2. The molecule has 5 nitrogen and oxygen atoms in total. The first-order chi connectivity index (χ1) is 27.1. The summed E-state index contributed by atoms with van der Waals surface area (Å²) in [5, 5.41) is 21.6. The molecule has 7 rings (SSSR count). The molecule has 0 saturated carbocycles. The normalized spacial score (nSPS) is 12.5. The van der Waals surface area contributed by atoms with E-state index in [2.05, 4.69) is 191 Å². The molecule has 0 aliphatic heterocycles. The van der Waals surface area contributed by atoms with Crippen molar-refractivity contribution in [3.8, 4) is 62.5 Å². The van der Waals surface area contributed by atoms with E-state index < -0.39 is 0 Å². The largest absolute Gasteiger partial charge is 0.506 e. The predicted octanol–water partition coefficient (Wildman–Crippen LogP) is 13.9. The Morgan fingerprint density at radius 3 is 1.69 bits per heavy atom. The number of imidazole rings is 1. The summed E-state index contributed by atoms with van der Waals surface area (Å²) in [4.78, 5) is 10.7. The predicted molar refractivity (Wildman–Crippen MR) is 242 cm³/mol. The standard InChI is InChI=1S/C53H56N4O/c1-50(2,3)37-22-23-46(41(28-37)33-18-14-13-15-19-33)57-47-21-17-16-20-43(47)56-49(57)35-24-34(25-38(26-35)51(4,5)6)44-30-40(53(10,11)12)31-45(55-44)42-29-39(52(7,8)9)27-36(32-54)48(42)58/h13-31,58H,1-12H3. The van der Waals surface area contributed by atoms with Gasteiger partial charge in [0.2, 0.25) is 0 Å². The molecule has 0 radical (unpaired) electrons. The average molecular weight is 765 g/mol. The maximum atomic E-state index is 11.5. The van der Waals surface area contributed by atoms with Gasteiger partial charge in [-0.25, -0.2) is 9.97 Å². The Hall–Kier alpha value is -5.99. The Labute approximate surface area is 345 Å². The van der Waals surface area contributed by atoms with E-state index in [1.165, 1.54) is 5.56 Å². The molecular formula is C53H56N4O. The van der Waals surface area contributed by atoms with Crippen molar-refractivity contribution in [2.24, 2.45) is 0 Å². The van der Waals surface area contributed by atoms with Crippen molar-refractivity contribution in [3.05, 3.63) is 143 Å². The van der Waals surface area contributed by atoms with Crippen molar-refractivity contribution < 1.29 is 5.11 Å². The summed E-state index contributed by atoms with van der Waals surface area (Å²) in [5.74, 6) is 0.792. The molecule has 7 aromatic rings. The van der Waals surface area contributed by atoms with Crippen LogP contribution in [0.4, 0.5) is 0 Å². The van der Waals surface area contributed by atoms with Crippen LogP contribution < -0.4 is 0 Å². The lowest BCUT2D eigenvalue weighted by Crippen LogP contribution is -2.14. The van der Waals surface area contributed by atoms with E-state index in [1.807, 2.05) is 12.1 Å². The Balaban J connectivity index is 1.53. The van der Waals surface area contributed by atoms with Gasteiger partial charge in [0.1, 0.15) is 17.6 Å². The zero-order valence-electron chi connectivity index (χ0n) is 36.2. The Morgan fingerprint density at radius 2 is 1.05 bits per heavy atom. The minimum absolute atomic E-state index is 0.0354. The van der Waals surface area contributed by atoms with Gasteiger partial charge in [-0.2, -0.15) is 5.26 Å². The first kappa shape index (κ1) is 40.2. The van der Waals surface area contributed by atoms with Crippen molar-refractivity contribution in [2.45, 2.75) is 105 Å². The van der Waals surface area contributed by atoms with E-state index in [0.29, 0.717) is 11.3 Å². The van der Waals surface area contributed by atoms with Crippen LogP contribution in [0.1, 0.15) is 111 Å². The van der Waals surface area contributed by atoms with E-state index >= 15 is 0 Å². The second-order valence-electron chi connectivity index (χ2n) is 19.8. The second-order valence-corrected chi connectivity index (χ2v) is 19.8. The van der Waals surface area contributed by atoms with Crippen LogP contribution in [-0.2, 0) is 21.7 Å².